The van der Waals surface area contributed by atoms with Gasteiger partial charge in [-0.1, -0.05) is 0 Å². The molecular formula is C12H15N3O4. The highest BCUT2D eigenvalue weighted by Gasteiger charge is 2.43. The molecule has 3 rings (SSSR count). The van der Waals surface area contributed by atoms with Crippen molar-refractivity contribution in [1.82, 2.24) is 9.55 Å². The minimum absolute atomic E-state index is 0.358. The lowest BCUT2D eigenvalue weighted by Gasteiger charge is -2.17. The molecule has 1 aliphatic heterocycles. The van der Waals surface area contributed by atoms with Gasteiger partial charge in [-0.25, -0.2) is 4.98 Å². The van der Waals surface area contributed by atoms with Crippen molar-refractivity contribution in [2.24, 2.45) is 0 Å². The molecule has 4 atom stereocenters. The number of hydrogen-bond acceptors (Lipinski definition) is 6. The summed E-state index contributed by atoms with van der Waals surface area (Å²) in [7, 11) is 0. The molecular weight excluding hydrogens is 250 g/mol. The third-order valence-electron chi connectivity index (χ3n) is 3.44. The van der Waals surface area contributed by atoms with Crippen LogP contribution in [0.4, 0.5) is 5.69 Å². The molecule has 0 aromatic carbocycles. The maximum Gasteiger partial charge on any atom is 0.164 e. The number of aliphatic hydroxyl groups is 3. The van der Waals surface area contributed by atoms with Gasteiger partial charge < -0.3 is 30.4 Å². The van der Waals surface area contributed by atoms with Crippen molar-refractivity contribution in [2.45, 2.75) is 24.5 Å². The summed E-state index contributed by atoms with van der Waals surface area (Å²) in [6.45, 7) is -0.358. The molecule has 0 saturated carbocycles. The zero-order chi connectivity index (χ0) is 13.6. The maximum atomic E-state index is 9.99. The topological polar surface area (TPSA) is 114 Å². The first kappa shape index (κ1) is 12.4. The first-order valence-corrected chi connectivity index (χ1v) is 5.97. The van der Waals surface area contributed by atoms with Crippen LogP contribution in [-0.4, -0.2) is 49.8 Å². The number of fused-ring (bicyclic) bond motifs is 1. The lowest BCUT2D eigenvalue weighted by molar-refractivity contribution is -0.0508. The summed E-state index contributed by atoms with van der Waals surface area (Å²) in [4.78, 5) is 4.20. The van der Waals surface area contributed by atoms with E-state index in [-0.39, 0.29) is 6.61 Å². The molecule has 5 N–H and O–H groups in total. The lowest BCUT2D eigenvalue weighted by Crippen LogP contribution is -2.33. The number of aliphatic hydroxyl groups excluding tert-OH is 3. The average molecular weight is 265 g/mol. The van der Waals surface area contributed by atoms with Crippen LogP contribution < -0.4 is 5.73 Å². The number of nitrogen functional groups attached to an aromatic ring is 1. The van der Waals surface area contributed by atoms with E-state index in [1.54, 1.807) is 29.1 Å². The van der Waals surface area contributed by atoms with Crippen molar-refractivity contribution in [1.29, 1.82) is 0 Å². The van der Waals surface area contributed by atoms with E-state index in [4.69, 9.17) is 15.6 Å². The first-order chi connectivity index (χ1) is 9.13. The van der Waals surface area contributed by atoms with Gasteiger partial charge in [0.2, 0.25) is 0 Å². The Morgan fingerprint density at radius 2 is 2.11 bits per heavy atom. The molecule has 0 amide bonds. The van der Waals surface area contributed by atoms with Crippen LogP contribution in [0.25, 0.3) is 11.0 Å². The summed E-state index contributed by atoms with van der Waals surface area (Å²) in [6.07, 6.45) is -0.605. The van der Waals surface area contributed by atoms with E-state index in [0.29, 0.717) is 11.3 Å². The van der Waals surface area contributed by atoms with Crippen LogP contribution in [0.2, 0.25) is 0 Å². The Kier molecular flexibility index (Phi) is 2.90. The van der Waals surface area contributed by atoms with E-state index in [1.165, 1.54) is 0 Å². The molecule has 3 heterocycles. The molecule has 19 heavy (non-hydrogen) atoms. The second kappa shape index (κ2) is 4.46. The predicted molar refractivity (Wildman–Crippen MR) is 67.2 cm³/mol. The number of nitrogens with zero attached hydrogens (tertiary/aromatic N) is 2. The van der Waals surface area contributed by atoms with Gasteiger partial charge in [0.15, 0.2) is 6.23 Å². The lowest BCUT2D eigenvalue weighted by atomic mass is 10.1. The Hall–Kier alpha value is -1.67. The molecule has 1 aliphatic rings. The Labute approximate surface area is 108 Å². The van der Waals surface area contributed by atoms with E-state index >= 15 is 0 Å². The molecule has 0 spiro atoms. The van der Waals surface area contributed by atoms with Crippen LogP contribution in [0.5, 0.6) is 0 Å². The van der Waals surface area contributed by atoms with E-state index in [2.05, 4.69) is 4.98 Å². The zero-order valence-corrected chi connectivity index (χ0v) is 10.0. The summed E-state index contributed by atoms with van der Waals surface area (Å²) in [5.74, 6) is 0. The fourth-order valence-corrected chi connectivity index (χ4v) is 2.39. The summed E-state index contributed by atoms with van der Waals surface area (Å²) in [5, 5.41) is 29.6. The van der Waals surface area contributed by atoms with E-state index in [0.717, 1.165) is 5.39 Å². The number of rotatable bonds is 2. The third kappa shape index (κ3) is 1.79. The number of anilines is 1. The zero-order valence-electron chi connectivity index (χ0n) is 10.0. The Bertz CT molecular complexity index is 600. The molecule has 0 radical (unpaired) electrons. The van der Waals surface area contributed by atoms with Gasteiger partial charge in [0.05, 0.1) is 6.61 Å². The number of aromatic nitrogens is 2. The van der Waals surface area contributed by atoms with Gasteiger partial charge in [-0.15, -0.1) is 0 Å². The van der Waals surface area contributed by atoms with Gasteiger partial charge in [-0.3, -0.25) is 0 Å². The smallest absolute Gasteiger partial charge is 0.164 e. The Balaban J connectivity index is 2.04. The van der Waals surface area contributed by atoms with Crippen molar-refractivity contribution < 1.29 is 20.1 Å². The number of ether oxygens (including phenoxy) is 1. The SMILES string of the molecule is Nc1ccnc2c1ccn2C1O[C@H](CO)[C@@H](O)[C@H]1O. The number of hydrogen-bond donors (Lipinski definition) is 4. The standard InChI is InChI=1S/C12H15N3O4/c13-7-1-3-14-11-6(7)2-4-15(11)12-10(18)9(17)8(5-16)19-12/h1-4,8-10,12,16-18H,5H2,(H2,13,14)/t8-,9-,10-,12?/m1/s1. The van der Waals surface area contributed by atoms with Gasteiger partial charge in [-0.05, 0) is 12.1 Å². The average Bonchev–Trinajstić information content (AvgIpc) is 2.94. The highest BCUT2D eigenvalue weighted by molar-refractivity contribution is 5.88. The van der Waals surface area contributed by atoms with Crippen molar-refractivity contribution >= 4 is 16.7 Å². The normalized spacial score (nSPS) is 31.1. The van der Waals surface area contributed by atoms with Gasteiger partial charge in [0, 0.05) is 23.5 Å². The van der Waals surface area contributed by atoms with Crippen LogP contribution >= 0.6 is 0 Å². The van der Waals surface area contributed by atoms with Crippen molar-refractivity contribution in [3.05, 3.63) is 24.5 Å². The van der Waals surface area contributed by atoms with Crippen molar-refractivity contribution in [2.75, 3.05) is 12.3 Å². The van der Waals surface area contributed by atoms with Crippen LogP contribution in [0, 0.1) is 0 Å². The van der Waals surface area contributed by atoms with Crippen LogP contribution in [0.15, 0.2) is 24.5 Å². The van der Waals surface area contributed by atoms with Crippen molar-refractivity contribution in [3.8, 4) is 0 Å². The van der Waals surface area contributed by atoms with Crippen LogP contribution in [0.1, 0.15) is 6.23 Å². The minimum atomic E-state index is -1.13. The summed E-state index contributed by atoms with van der Waals surface area (Å²) < 4.78 is 7.07. The number of pyridine rings is 1. The highest BCUT2D eigenvalue weighted by atomic mass is 16.6. The van der Waals surface area contributed by atoms with Crippen LogP contribution in [0.3, 0.4) is 0 Å². The molecule has 102 valence electrons. The van der Waals surface area contributed by atoms with Gasteiger partial charge in [0.25, 0.3) is 0 Å². The van der Waals surface area contributed by atoms with Gasteiger partial charge in [0.1, 0.15) is 24.0 Å². The Morgan fingerprint density at radius 1 is 1.32 bits per heavy atom. The fraction of sp³-hybridized carbons (Fsp3) is 0.417. The second-order valence-electron chi connectivity index (χ2n) is 4.59. The predicted octanol–water partition coefficient (Wildman–Crippen LogP) is -0.770. The molecule has 1 fully saturated rings. The first-order valence-electron chi connectivity index (χ1n) is 5.97. The quantitative estimate of drug-likeness (QED) is 0.567. The summed E-state index contributed by atoms with van der Waals surface area (Å²) in [5.41, 5.74) is 6.98. The summed E-state index contributed by atoms with van der Waals surface area (Å²) >= 11 is 0. The van der Waals surface area contributed by atoms with E-state index in [9.17, 15) is 10.2 Å². The summed E-state index contributed by atoms with van der Waals surface area (Å²) in [6, 6.07) is 3.45. The van der Waals surface area contributed by atoms with Crippen LogP contribution in [-0.2, 0) is 4.74 Å². The van der Waals surface area contributed by atoms with Gasteiger partial charge >= 0.3 is 0 Å². The molecule has 2 aromatic rings. The monoisotopic (exact) mass is 265 g/mol. The molecule has 7 heteroatoms. The van der Waals surface area contributed by atoms with E-state index in [1.807, 2.05) is 0 Å². The second-order valence-corrected chi connectivity index (χ2v) is 4.59. The van der Waals surface area contributed by atoms with Crippen molar-refractivity contribution in [3.63, 3.8) is 0 Å². The Morgan fingerprint density at radius 3 is 2.79 bits per heavy atom. The van der Waals surface area contributed by atoms with E-state index < -0.39 is 24.5 Å². The number of nitrogens with two attached hydrogens (primary N) is 1. The third-order valence-corrected chi connectivity index (χ3v) is 3.44. The molecule has 7 nitrogen and oxygen atoms in total. The largest absolute Gasteiger partial charge is 0.398 e. The minimum Gasteiger partial charge on any atom is -0.398 e. The van der Waals surface area contributed by atoms with Gasteiger partial charge in [-0.2, -0.15) is 0 Å². The molecule has 1 saturated heterocycles. The highest BCUT2D eigenvalue weighted by Crippen LogP contribution is 2.32. The molecule has 0 bridgehead atoms. The maximum absolute atomic E-state index is 9.99. The molecule has 1 unspecified atom stereocenters. The fourth-order valence-electron chi connectivity index (χ4n) is 2.39. The molecule has 0 aliphatic carbocycles. The molecule has 2 aromatic heterocycles.